The van der Waals surface area contributed by atoms with Crippen molar-refractivity contribution in [3.05, 3.63) is 54.6 Å². The average molecular weight is 252 g/mol. The third kappa shape index (κ3) is 3.44. The van der Waals surface area contributed by atoms with E-state index in [1.807, 2.05) is 30.3 Å². The summed E-state index contributed by atoms with van der Waals surface area (Å²) >= 11 is 0. The minimum atomic E-state index is -0.0991. The fourth-order valence-electron chi connectivity index (χ4n) is 1.67. The summed E-state index contributed by atoms with van der Waals surface area (Å²) in [5.74, 6) is 0.653. The Morgan fingerprint density at radius 2 is 1.37 bits per heavy atom. The van der Waals surface area contributed by atoms with Gasteiger partial charge in [-0.3, -0.25) is 0 Å². The predicted octanol–water partition coefficient (Wildman–Crippen LogP) is 4.39. The highest BCUT2D eigenvalue weighted by Crippen LogP contribution is 2.23. The lowest BCUT2D eigenvalue weighted by Crippen LogP contribution is -2.28. The van der Waals surface area contributed by atoms with Crippen molar-refractivity contribution >= 4 is 11.5 Å². The zero-order valence-electron chi connectivity index (χ0n) is 11.7. The van der Waals surface area contributed by atoms with E-state index >= 15 is 0 Å². The van der Waals surface area contributed by atoms with Gasteiger partial charge in [-0.15, -0.1) is 0 Å². The van der Waals surface area contributed by atoms with Crippen molar-refractivity contribution in [2.45, 2.75) is 20.8 Å². The van der Waals surface area contributed by atoms with Gasteiger partial charge in [0.05, 0.1) is 5.69 Å². The number of amidine groups is 1. The van der Waals surface area contributed by atoms with Gasteiger partial charge in [0.1, 0.15) is 5.84 Å². The molecule has 0 radical (unpaired) electrons. The summed E-state index contributed by atoms with van der Waals surface area (Å²) in [7, 11) is 0. The Balaban J connectivity index is 2.25. The SMILES string of the molecule is CC(C)(C)C(N)=Nc1ccc(-c2ccccc2)cc1. The molecule has 0 atom stereocenters. The van der Waals surface area contributed by atoms with E-state index in [4.69, 9.17) is 5.73 Å². The fourth-order valence-corrected chi connectivity index (χ4v) is 1.67. The Hall–Kier alpha value is -2.09. The Kier molecular flexibility index (Phi) is 3.70. The molecule has 0 spiro atoms. The van der Waals surface area contributed by atoms with Gasteiger partial charge in [0, 0.05) is 5.41 Å². The Morgan fingerprint density at radius 1 is 0.842 bits per heavy atom. The van der Waals surface area contributed by atoms with Crippen LogP contribution in [0.5, 0.6) is 0 Å². The lowest BCUT2D eigenvalue weighted by Gasteiger charge is -2.17. The average Bonchev–Trinajstić information content (AvgIpc) is 2.39. The molecule has 2 nitrogen and oxygen atoms in total. The van der Waals surface area contributed by atoms with E-state index in [1.165, 1.54) is 11.1 Å². The third-order valence-electron chi connectivity index (χ3n) is 2.99. The maximum Gasteiger partial charge on any atom is 0.105 e. The minimum Gasteiger partial charge on any atom is -0.387 e. The van der Waals surface area contributed by atoms with Gasteiger partial charge in [-0.2, -0.15) is 0 Å². The van der Waals surface area contributed by atoms with Crippen molar-refractivity contribution in [2.24, 2.45) is 16.1 Å². The summed E-state index contributed by atoms with van der Waals surface area (Å²) in [4.78, 5) is 4.46. The summed E-state index contributed by atoms with van der Waals surface area (Å²) in [5, 5.41) is 0. The second kappa shape index (κ2) is 5.27. The van der Waals surface area contributed by atoms with E-state index in [0.29, 0.717) is 5.84 Å². The van der Waals surface area contributed by atoms with Gasteiger partial charge in [-0.25, -0.2) is 4.99 Å². The zero-order chi connectivity index (χ0) is 13.9. The summed E-state index contributed by atoms with van der Waals surface area (Å²) in [6.07, 6.45) is 0. The highest BCUT2D eigenvalue weighted by molar-refractivity contribution is 5.87. The van der Waals surface area contributed by atoms with E-state index in [0.717, 1.165) is 5.69 Å². The van der Waals surface area contributed by atoms with Crippen LogP contribution in [0.3, 0.4) is 0 Å². The Morgan fingerprint density at radius 3 is 1.89 bits per heavy atom. The quantitative estimate of drug-likeness (QED) is 0.625. The second-order valence-corrected chi connectivity index (χ2v) is 5.66. The molecule has 0 aliphatic carbocycles. The number of rotatable bonds is 2. The summed E-state index contributed by atoms with van der Waals surface area (Å²) in [6, 6.07) is 18.4. The van der Waals surface area contributed by atoms with Crippen LogP contribution in [0.1, 0.15) is 20.8 Å². The smallest absolute Gasteiger partial charge is 0.105 e. The van der Waals surface area contributed by atoms with Crippen molar-refractivity contribution in [1.82, 2.24) is 0 Å². The molecule has 98 valence electrons. The van der Waals surface area contributed by atoms with Crippen LogP contribution in [-0.2, 0) is 0 Å². The molecule has 2 aromatic rings. The number of hydrogen-bond acceptors (Lipinski definition) is 1. The third-order valence-corrected chi connectivity index (χ3v) is 2.99. The molecule has 2 heteroatoms. The van der Waals surface area contributed by atoms with Crippen LogP contribution < -0.4 is 5.73 Å². The van der Waals surface area contributed by atoms with Crippen LogP contribution in [0.2, 0.25) is 0 Å². The van der Waals surface area contributed by atoms with Crippen LogP contribution in [0, 0.1) is 5.41 Å². The molecule has 2 aromatic carbocycles. The molecule has 0 amide bonds. The monoisotopic (exact) mass is 252 g/mol. The highest BCUT2D eigenvalue weighted by atomic mass is 14.9. The van der Waals surface area contributed by atoms with Crippen LogP contribution in [-0.4, -0.2) is 5.84 Å². The first kappa shape index (κ1) is 13.3. The molecular weight excluding hydrogens is 232 g/mol. The van der Waals surface area contributed by atoms with Gasteiger partial charge in [-0.1, -0.05) is 63.2 Å². The largest absolute Gasteiger partial charge is 0.387 e. The van der Waals surface area contributed by atoms with Gasteiger partial charge in [0.15, 0.2) is 0 Å². The van der Waals surface area contributed by atoms with Crippen LogP contribution in [0.4, 0.5) is 5.69 Å². The van der Waals surface area contributed by atoms with Crippen LogP contribution >= 0.6 is 0 Å². The van der Waals surface area contributed by atoms with E-state index in [-0.39, 0.29) is 5.41 Å². The lowest BCUT2D eigenvalue weighted by atomic mass is 9.95. The standard InChI is InChI=1S/C17H20N2/c1-17(2,3)16(18)19-15-11-9-14(10-12-15)13-7-5-4-6-8-13/h4-12H,1-3H3,(H2,18,19). The molecule has 2 N–H and O–H groups in total. The molecule has 0 saturated carbocycles. The molecule has 0 unspecified atom stereocenters. The van der Waals surface area contributed by atoms with Crippen molar-refractivity contribution < 1.29 is 0 Å². The maximum atomic E-state index is 5.98. The van der Waals surface area contributed by atoms with Crippen LogP contribution in [0.15, 0.2) is 59.6 Å². The molecule has 2 rings (SSSR count). The molecule has 0 aromatic heterocycles. The van der Waals surface area contributed by atoms with Crippen LogP contribution in [0.25, 0.3) is 11.1 Å². The second-order valence-electron chi connectivity index (χ2n) is 5.66. The molecule has 0 fully saturated rings. The summed E-state index contributed by atoms with van der Waals surface area (Å²) in [6.45, 7) is 6.18. The number of aliphatic imine (C=N–C) groups is 1. The predicted molar refractivity (Wildman–Crippen MR) is 82.6 cm³/mol. The summed E-state index contributed by atoms with van der Waals surface area (Å²) in [5.41, 5.74) is 9.18. The first-order valence-electron chi connectivity index (χ1n) is 6.47. The first-order chi connectivity index (χ1) is 8.97. The maximum absolute atomic E-state index is 5.98. The normalized spacial score (nSPS) is 12.5. The van der Waals surface area contributed by atoms with Gasteiger partial charge in [-0.05, 0) is 23.3 Å². The first-order valence-corrected chi connectivity index (χ1v) is 6.47. The fraction of sp³-hybridized carbons (Fsp3) is 0.235. The molecule has 0 saturated heterocycles. The van der Waals surface area contributed by atoms with Gasteiger partial charge in [0.25, 0.3) is 0 Å². The van der Waals surface area contributed by atoms with E-state index in [2.05, 4.69) is 50.0 Å². The zero-order valence-corrected chi connectivity index (χ0v) is 11.7. The lowest BCUT2D eigenvalue weighted by molar-refractivity contribution is 0.585. The van der Waals surface area contributed by atoms with E-state index in [9.17, 15) is 0 Å². The van der Waals surface area contributed by atoms with Gasteiger partial charge in [0.2, 0.25) is 0 Å². The highest BCUT2D eigenvalue weighted by Gasteiger charge is 2.15. The number of nitrogens with two attached hydrogens (primary N) is 1. The van der Waals surface area contributed by atoms with Gasteiger partial charge >= 0.3 is 0 Å². The van der Waals surface area contributed by atoms with Crippen molar-refractivity contribution in [3.8, 4) is 11.1 Å². The molecule has 0 bridgehead atoms. The van der Waals surface area contributed by atoms with Gasteiger partial charge < -0.3 is 5.73 Å². The molecule has 0 aliphatic rings. The van der Waals surface area contributed by atoms with Crippen molar-refractivity contribution in [1.29, 1.82) is 0 Å². The Bertz CT molecular complexity index is 560. The van der Waals surface area contributed by atoms with Crippen molar-refractivity contribution in [2.75, 3.05) is 0 Å². The number of benzene rings is 2. The molecular formula is C17H20N2. The summed E-state index contributed by atoms with van der Waals surface area (Å²) < 4.78 is 0. The topological polar surface area (TPSA) is 38.4 Å². The number of nitrogens with zero attached hydrogens (tertiary/aromatic N) is 1. The number of hydrogen-bond donors (Lipinski definition) is 1. The molecule has 0 aliphatic heterocycles. The van der Waals surface area contributed by atoms with E-state index in [1.54, 1.807) is 0 Å². The van der Waals surface area contributed by atoms with Crippen molar-refractivity contribution in [3.63, 3.8) is 0 Å². The molecule has 0 heterocycles. The minimum absolute atomic E-state index is 0.0991. The molecule has 19 heavy (non-hydrogen) atoms. The Labute approximate surface area is 115 Å². The van der Waals surface area contributed by atoms with E-state index < -0.39 is 0 Å².